The van der Waals surface area contributed by atoms with E-state index in [4.69, 9.17) is 0 Å². The predicted octanol–water partition coefficient (Wildman–Crippen LogP) is 3.77. The molecular formula is C30H22N8O2. The molecule has 0 saturated carbocycles. The smallest absolute Gasteiger partial charge is 0.265 e. The van der Waals surface area contributed by atoms with E-state index >= 15 is 0 Å². The van der Waals surface area contributed by atoms with Crippen LogP contribution in [0.25, 0.3) is 33.4 Å². The van der Waals surface area contributed by atoms with Crippen LogP contribution in [0.15, 0.2) is 68.1 Å². The number of benzene rings is 2. The molecule has 0 saturated heterocycles. The lowest BCUT2D eigenvalue weighted by Gasteiger charge is -2.06. The summed E-state index contributed by atoms with van der Waals surface area (Å²) in [4.78, 5) is 41.8. The highest BCUT2D eigenvalue weighted by molar-refractivity contribution is 5.89. The summed E-state index contributed by atoms with van der Waals surface area (Å²) in [6.45, 7) is 3.98. The van der Waals surface area contributed by atoms with Gasteiger partial charge in [0.05, 0.1) is 57.4 Å². The van der Waals surface area contributed by atoms with E-state index in [0.717, 1.165) is 11.0 Å². The van der Waals surface area contributed by atoms with Crippen LogP contribution < -0.4 is 11.1 Å². The van der Waals surface area contributed by atoms with Gasteiger partial charge in [-0.15, -0.1) is 0 Å². The normalized spacial score (nSPS) is 11.9. The molecule has 0 unspecified atom stereocenters. The maximum absolute atomic E-state index is 13.4. The van der Waals surface area contributed by atoms with Gasteiger partial charge in [0.1, 0.15) is 23.4 Å². The zero-order chi connectivity index (χ0) is 28.0. The highest BCUT2D eigenvalue weighted by atomic mass is 16.1. The summed E-state index contributed by atoms with van der Waals surface area (Å²) in [6, 6.07) is 19.2. The third-order valence-corrected chi connectivity index (χ3v) is 7.16. The molecule has 6 aromatic rings. The minimum Gasteiger partial charge on any atom is -0.338 e. The molecule has 10 nitrogen and oxygen atoms in total. The van der Waals surface area contributed by atoms with Gasteiger partial charge in [0.2, 0.25) is 0 Å². The first kappa shape index (κ1) is 24.6. The highest BCUT2D eigenvalue weighted by Gasteiger charge is 2.18. The minimum absolute atomic E-state index is 0.259. The van der Waals surface area contributed by atoms with Gasteiger partial charge in [-0.25, -0.2) is 0 Å². The fourth-order valence-electron chi connectivity index (χ4n) is 5.12. The van der Waals surface area contributed by atoms with Crippen LogP contribution in [0.5, 0.6) is 0 Å². The number of rotatable bonds is 5. The summed E-state index contributed by atoms with van der Waals surface area (Å²) >= 11 is 0. The zero-order valence-corrected chi connectivity index (χ0v) is 21.7. The second-order valence-corrected chi connectivity index (χ2v) is 9.38. The molecule has 6 rings (SSSR count). The summed E-state index contributed by atoms with van der Waals surface area (Å²) in [5.74, 6) is 0. The summed E-state index contributed by atoms with van der Waals surface area (Å²) in [7, 11) is 0. The minimum atomic E-state index is -0.268. The number of aromatic nitrogens is 4. The summed E-state index contributed by atoms with van der Waals surface area (Å²) < 4.78 is 3.01. The third-order valence-electron chi connectivity index (χ3n) is 7.16. The molecule has 0 atom stereocenters. The van der Waals surface area contributed by atoms with E-state index in [1.54, 1.807) is 13.8 Å². The Hall–Kier alpha value is -5.74. The third kappa shape index (κ3) is 3.62. The number of pyridine rings is 2. The standard InChI is InChI=1S/C30H22N8O2/c1-17-19(13-31)27-35-23-7-3-5-9-25(23)37(27)29(39)21(17)15-33-11-12-34-16-22-18(2)20(14-32)28-36-24-8-4-6-10-26(24)38(28)30(22)40/h3-10,15-16,35-36H,11-12H2,1-2H3. The molecule has 0 aliphatic rings. The van der Waals surface area contributed by atoms with Crippen molar-refractivity contribution >= 4 is 45.8 Å². The molecule has 0 bridgehead atoms. The maximum atomic E-state index is 13.4. The molecule has 0 radical (unpaired) electrons. The molecule has 0 fully saturated rings. The first-order chi connectivity index (χ1) is 19.5. The van der Waals surface area contributed by atoms with Crippen molar-refractivity contribution in [3.05, 3.63) is 103 Å². The number of nitriles is 2. The van der Waals surface area contributed by atoms with Gasteiger partial charge >= 0.3 is 0 Å². The molecule has 0 aliphatic heterocycles. The van der Waals surface area contributed by atoms with Gasteiger partial charge < -0.3 is 9.97 Å². The summed E-state index contributed by atoms with van der Waals surface area (Å²) in [6.07, 6.45) is 2.96. The Morgan fingerprint density at radius 3 is 1.52 bits per heavy atom. The highest BCUT2D eigenvalue weighted by Crippen LogP contribution is 2.22. The first-order valence-electron chi connectivity index (χ1n) is 12.6. The average molecular weight is 527 g/mol. The zero-order valence-electron chi connectivity index (χ0n) is 21.7. The van der Waals surface area contributed by atoms with Crippen LogP contribution in [0.3, 0.4) is 0 Å². The number of H-pyrrole nitrogens is 2. The lowest BCUT2D eigenvalue weighted by atomic mass is 10.1. The van der Waals surface area contributed by atoms with E-state index in [9.17, 15) is 20.1 Å². The Labute approximate surface area is 226 Å². The van der Waals surface area contributed by atoms with Crippen molar-refractivity contribution in [2.24, 2.45) is 9.98 Å². The molecule has 10 heteroatoms. The lowest BCUT2D eigenvalue weighted by molar-refractivity contribution is 0.981. The van der Waals surface area contributed by atoms with Crippen LogP contribution in [0.4, 0.5) is 0 Å². The molecule has 4 aromatic heterocycles. The van der Waals surface area contributed by atoms with Crippen molar-refractivity contribution in [2.45, 2.75) is 13.8 Å². The van der Waals surface area contributed by atoms with Crippen molar-refractivity contribution in [1.82, 2.24) is 18.8 Å². The van der Waals surface area contributed by atoms with E-state index in [1.165, 1.54) is 21.2 Å². The van der Waals surface area contributed by atoms with E-state index in [0.29, 0.717) is 55.7 Å². The Balaban J connectivity index is 1.31. The fraction of sp³-hybridized carbons (Fsp3) is 0.133. The second kappa shape index (κ2) is 9.53. The van der Waals surface area contributed by atoms with Crippen LogP contribution in [-0.2, 0) is 0 Å². The van der Waals surface area contributed by atoms with Crippen molar-refractivity contribution in [3.63, 3.8) is 0 Å². The first-order valence-corrected chi connectivity index (χ1v) is 12.6. The van der Waals surface area contributed by atoms with E-state index in [2.05, 4.69) is 32.1 Å². The molecule has 0 aliphatic carbocycles. The van der Waals surface area contributed by atoms with Gasteiger partial charge in [0.25, 0.3) is 11.1 Å². The summed E-state index contributed by atoms with van der Waals surface area (Å²) in [5, 5.41) is 19.6. The molecule has 2 N–H and O–H groups in total. The van der Waals surface area contributed by atoms with E-state index in [1.807, 2.05) is 48.5 Å². The Kier molecular flexibility index (Phi) is 5.86. The summed E-state index contributed by atoms with van der Waals surface area (Å²) in [5.41, 5.74) is 5.79. The molecular weight excluding hydrogens is 504 g/mol. The number of hydrogen-bond acceptors (Lipinski definition) is 6. The Bertz CT molecular complexity index is 2100. The van der Waals surface area contributed by atoms with Gasteiger partial charge in [-0.3, -0.25) is 28.4 Å². The SMILES string of the molecule is Cc1c(C=NCCN=Cc2c(C)c(C#N)c3[nH]c4ccccc4n3c2=O)c(=O)n2c([nH]c3ccccc32)c1C#N. The number of nitrogens with zero attached hydrogens (tertiary/aromatic N) is 6. The van der Waals surface area contributed by atoms with Crippen molar-refractivity contribution < 1.29 is 0 Å². The molecule has 0 amide bonds. The molecule has 0 spiro atoms. The number of imidazole rings is 2. The van der Waals surface area contributed by atoms with Gasteiger partial charge in [-0.05, 0) is 49.2 Å². The van der Waals surface area contributed by atoms with E-state index < -0.39 is 0 Å². The predicted molar refractivity (Wildman–Crippen MR) is 155 cm³/mol. The van der Waals surface area contributed by atoms with Crippen LogP contribution in [-0.4, -0.2) is 44.3 Å². The number of para-hydroxylation sites is 4. The van der Waals surface area contributed by atoms with Gasteiger partial charge in [0.15, 0.2) is 0 Å². The van der Waals surface area contributed by atoms with Crippen molar-refractivity contribution in [1.29, 1.82) is 10.5 Å². The Morgan fingerprint density at radius 2 is 1.12 bits per heavy atom. The number of nitrogens with one attached hydrogen (secondary N) is 2. The fourth-order valence-corrected chi connectivity index (χ4v) is 5.12. The number of aliphatic imine (C=N–C) groups is 2. The Morgan fingerprint density at radius 1 is 0.725 bits per heavy atom. The maximum Gasteiger partial charge on any atom is 0.265 e. The van der Waals surface area contributed by atoms with E-state index in [-0.39, 0.29) is 24.2 Å². The van der Waals surface area contributed by atoms with Crippen molar-refractivity contribution in [3.8, 4) is 12.1 Å². The number of aromatic amines is 2. The monoisotopic (exact) mass is 526 g/mol. The van der Waals surface area contributed by atoms with Crippen LogP contribution >= 0.6 is 0 Å². The largest absolute Gasteiger partial charge is 0.338 e. The second-order valence-electron chi connectivity index (χ2n) is 9.38. The number of hydrogen-bond donors (Lipinski definition) is 2. The topological polar surface area (TPSA) is 147 Å². The lowest BCUT2D eigenvalue weighted by Crippen LogP contribution is -2.21. The molecule has 40 heavy (non-hydrogen) atoms. The van der Waals surface area contributed by atoms with Crippen LogP contribution in [0.1, 0.15) is 33.4 Å². The van der Waals surface area contributed by atoms with Crippen LogP contribution in [0.2, 0.25) is 0 Å². The molecule has 2 aromatic carbocycles. The average Bonchev–Trinajstić information content (AvgIpc) is 3.53. The van der Waals surface area contributed by atoms with Crippen LogP contribution in [0, 0.1) is 36.5 Å². The van der Waals surface area contributed by atoms with Gasteiger partial charge in [-0.2, -0.15) is 10.5 Å². The van der Waals surface area contributed by atoms with Crippen molar-refractivity contribution in [2.75, 3.05) is 13.1 Å². The quantitative estimate of drug-likeness (QED) is 0.260. The van der Waals surface area contributed by atoms with Gasteiger partial charge in [0, 0.05) is 12.4 Å². The molecule has 4 heterocycles. The number of fused-ring (bicyclic) bond motifs is 6. The molecule has 194 valence electrons. The van der Waals surface area contributed by atoms with Gasteiger partial charge in [-0.1, -0.05) is 24.3 Å².